The van der Waals surface area contributed by atoms with Crippen molar-refractivity contribution in [3.63, 3.8) is 0 Å². The molecule has 0 radical (unpaired) electrons. The van der Waals surface area contributed by atoms with Crippen LogP contribution in [0, 0.1) is 0 Å². The van der Waals surface area contributed by atoms with Gasteiger partial charge in [0.1, 0.15) is 0 Å². The van der Waals surface area contributed by atoms with E-state index in [-0.39, 0.29) is 18.7 Å². The molecule has 0 aromatic carbocycles. The van der Waals surface area contributed by atoms with E-state index < -0.39 is 35.2 Å². The van der Waals surface area contributed by atoms with Gasteiger partial charge in [-0.2, -0.15) is 0 Å². The zero-order chi connectivity index (χ0) is 35.0. The van der Waals surface area contributed by atoms with Gasteiger partial charge in [-0.15, -0.1) is 0 Å². The fourth-order valence-corrected chi connectivity index (χ4v) is 9.89. The van der Waals surface area contributed by atoms with Crippen molar-refractivity contribution in [3.8, 4) is 0 Å². The van der Waals surface area contributed by atoms with Crippen molar-refractivity contribution in [2.75, 3.05) is 65.9 Å². The minimum absolute atomic E-state index is 0.0451. The van der Waals surface area contributed by atoms with Crippen molar-refractivity contribution in [3.05, 3.63) is 0 Å². The van der Waals surface area contributed by atoms with E-state index in [4.69, 9.17) is 77.6 Å². The second kappa shape index (κ2) is 33.1. The van der Waals surface area contributed by atoms with Crippen molar-refractivity contribution in [2.45, 2.75) is 91.4 Å². The Kier molecular flexibility index (Phi) is 38.5. The molecule has 0 fully saturated rings. The lowest BCUT2D eigenvalue weighted by Gasteiger charge is -2.28. The average molecular weight is 718 g/mol. The molecule has 0 spiro atoms. The summed E-state index contributed by atoms with van der Waals surface area (Å²) in [6.07, 6.45) is 2.50. The third kappa shape index (κ3) is 36.7. The molecule has 0 aliphatic carbocycles. The van der Waals surface area contributed by atoms with Crippen LogP contribution < -0.4 is 17.2 Å². The maximum atomic E-state index is 8.79. The van der Waals surface area contributed by atoms with Gasteiger partial charge in [-0.3, -0.25) is 0 Å². The summed E-state index contributed by atoms with van der Waals surface area (Å²) >= 11 is 0. The van der Waals surface area contributed by atoms with Gasteiger partial charge in [-0.05, 0) is 86.9 Å². The lowest BCUT2D eigenvalue weighted by molar-refractivity contribution is 0.0690. The van der Waals surface area contributed by atoms with Crippen molar-refractivity contribution in [1.29, 1.82) is 0 Å². The number of hydrogen-bond donors (Lipinski definition) is 10. The third-order valence-corrected chi connectivity index (χ3v) is 13.3. The molecule has 0 saturated heterocycles. The van der Waals surface area contributed by atoms with Crippen molar-refractivity contribution in [2.24, 2.45) is 17.2 Å². The lowest BCUT2D eigenvalue weighted by atomic mass is 10.5. The van der Waals surface area contributed by atoms with Crippen LogP contribution in [0.25, 0.3) is 0 Å². The Morgan fingerprint density at radius 3 is 0.795 bits per heavy atom. The molecule has 13 N–H and O–H groups in total. The van der Waals surface area contributed by atoms with Crippen LogP contribution in [0.3, 0.4) is 0 Å². The Balaban J connectivity index is -0.000000251. The van der Waals surface area contributed by atoms with E-state index in [2.05, 4.69) is 0 Å². The number of hydrogen-bond acceptors (Lipinski definition) is 16. The molecular formula is C24H67N3O13Si4. The highest BCUT2D eigenvalue weighted by atomic mass is 28.4. The summed E-state index contributed by atoms with van der Waals surface area (Å²) in [4.78, 5) is 50.1. The van der Waals surface area contributed by atoms with Crippen LogP contribution in [-0.2, 0) is 26.6 Å². The second-order valence-corrected chi connectivity index (χ2v) is 18.6. The Hall–Kier alpha value is 0.228. The van der Waals surface area contributed by atoms with E-state index in [0.29, 0.717) is 84.6 Å². The smallest absolute Gasteiger partial charge is 0.396 e. The molecule has 16 nitrogen and oxygen atoms in total. The molecule has 0 aromatic rings. The van der Waals surface area contributed by atoms with Gasteiger partial charge in [-0.25, -0.2) is 0 Å². The molecule has 0 heterocycles. The summed E-state index contributed by atoms with van der Waals surface area (Å²) in [6.45, 7) is 16.9. The second-order valence-electron chi connectivity index (χ2n) is 9.02. The van der Waals surface area contributed by atoms with Gasteiger partial charge in [0.2, 0.25) is 0 Å². The van der Waals surface area contributed by atoms with Crippen LogP contribution in [-0.4, -0.2) is 135 Å². The quantitative estimate of drug-likeness (QED) is 0.0553. The standard InChI is InChI=1S/C9H23NO3Si.C9H22O4Si.2C3H11NO3Si/c2*1-4-11-14(12-5-2,13-6-3)9-7-8-10;2*4-2-1-3-8(5,6)7/h4-10H2,1-3H3;10H,4-9H2,1-3H3;2*5-7H,1-4H2. The van der Waals surface area contributed by atoms with Gasteiger partial charge >= 0.3 is 35.2 Å². The highest BCUT2D eigenvalue weighted by molar-refractivity contribution is 6.61. The maximum absolute atomic E-state index is 8.79. The number of nitrogens with two attached hydrogens (primary N) is 3. The first kappa shape index (κ1) is 51.1. The first-order valence-electron chi connectivity index (χ1n) is 15.5. The molecule has 44 heavy (non-hydrogen) atoms. The minimum atomic E-state index is -3.76. The van der Waals surface area contributed by atoms with E-state index >= 15 is 0 Å². The largest absolute Gasteiger partial charge is 0.501 e. The van der Waals surface area contributed by atoms with Gasteiger partial charge in [0.15, 0.2) is 0 Å². The van der Waals surface area contributed by atoms with Crippen LogP contribution in [0.15, 0.2) is 0 Å². The summed E-state index contributed by atoms with van der Waals surface area (Å²) in [6, 6.07) is 1.60. The average Bonchev–Trinajstić information content (AvgIpc) is 2.94. The number of aliphatic hydroxyl groups excluding tert-OH is 1. The van der Waals surface area contributed by atoms with Crippen molar-refractivity contribution >= 4 is 35.2 Å². The maximum Gasteiger partial charge on any atom is 0.501 e. The lowest BCUT2D eigenvalue weighted by Crippen LogP contribution is -2.46. The molecule has 0 aliphatic heterocycles. The van der Waals surface area contributed by atoms with Gasteiger partial charge in [0, 0.05) is 70.4 Å². The fraction of sp³-hybridized carbons (Fsp3) is 1.00. The van der Waals surface area contributed by atoms with Crippen LogP contribution in [0.5, 0.6) is 0 Å². The van der Waals surface area contributed by atoms with E-state index in [9.17, 15) is 0 Å². The molecule has 0 aromatic heterocycles. The summed E-state index contributed by atoms with van der Waals surface area (Å²) < 4.78 is 33.7. The number of aliphatic hydroxyl groups is 1. The van der Waals surface area contributed by atoms with Crippen LogP contribution >= 0.6 is 0 Å². The molecule has 0 rings (SSSR count). The van der Waals surface area contributed by atoms with E-state index in [1.807, 2.05) is 41.5 Å². The third-order valence-electron chi connectivity index (χ3n) is 4.95. The molecule has 0 saturated carbocycles. The van der Waals surface area contributed by atoms with Crippen LogP contribution in [0.2, 0.25) is 24.2 Å². The van der Waals surface area contributed by atoms with Crippen LogP contribution in [0.1, 0.15) is 67.2 Å². The fourth-order valence-electron chi connectivity index (χ4n) is 3.30. The molecule has 0 amide bonds. The Morgan fingerprint density at radius 2 is 0.636 bits per heavy atom. The Bertz CT molecular complexity index is 500. The van der Waals surface area contributed by atoms with Crippen molar-refractivity contribution in [1.82, 2.24) is 0 Å². The zero-order valence-electron chi connectivity index (χ0n) is 28.0. The molecule has 0 bridgehead atoms. The van der Waals surface area contributed by atoms with E-state index in [1.165, 1.54) is 0 Å². The van der Waals surface area contributed by atoms with E-state index in [0.717, 1.165) is 12.5 Å². The topological polar surface area (TPSA) is 275 Å². The predicted octanol–water partition coefficient (Wildman–Crippen LogP) is -0.697. The SMILES string of the molecule is CCO[Si](CCCN)(OCC)OCC.CCO[Si](CCCO)(OCC)OCC.NCCC[Si](O)(O)O.NCCC[Si](O)(O)O. The first-order valence-corrected chi connectivity index (χ1v) is 23.5. The monoisotopic (exact) mass is 717 g/mol. The van der Waals surface area contributed by atoms with Crippen molar-refractivity contribution < 1.29 is 60.4 Å². The Labute approximate surface area is 269 Å². The first-order chi connectivity index (χ1) is 20.6. The van der Waals surface area contributed by atoms with Crippen LogP contribution in [0.4, 0.5) is 0 Å². The number of rotatable bonds is 24. The van der Waals surface area contributed by atoms with Gasteiger partial charge in [0.25, 0.3) is 0 Å². The molecule has 0 atom stereocenters. The van der Waals surface area contributed by atoms with Gasteiger partial charge in [-0.1, -0.05) is 0 Å². The zero-order valence-corrected chi connectivity index (χ0v) is 32.0. The summed E-state index contributed by atoms with van der Waals surface area (Å²) in [5, 5.41) is 8.79. The molecule has 20 heteroatoms. The normalized spacial score (nSPS) is 12.0. The molecular weight excluding hydrogens is 651 g/mol. The van der Waals surface area contributed by atoms with E-state index in [1.54, 1.807) is 0 Å². The molecule has 0 unspecified atom stereocenters. The summed E-state index contributed by atoms with van der Waals surface area (Å²) in [5.74, 6) is 0. The highest BCUT2D eigenvalue weighted by Gasteiger charge is 2.40. The van der Waals surface area contributed by atoms with Gasteiger partial charge in [0.05, 0.1) is 0 Å². The van der Waals surface area contributed by atoms with Gasteiger partial charge < -0.3 is 77.6 Å². The molecule has 272 valence electrons. The highest BCUT2D eigenvalue weighted by Crippen LogP contribution is 2.18. The summed E-state index contributed by atoms with van der Waals surface area (Å²) in [7, 11) is -12.4. The Morgan fingerprint density at radius 1 is 0.409 bits per heavy atom. The molecule has 0 aliphatic rings. The summed E-state index contributed by atoms with van der Waals surface area (Å²) in [5.41, 5.74) is 15.5. The minimum Gasteiger partial charge on any atom is -0.396 e. The predicted molar refractivity (Wildman–Crippen MR) is 178 cm³/mol.